The molecule has 1 aromatic rings. The lowest BCUT2D eigenvalue weighted by molar-refractivity contribution is 0.0691. The van der Waals surface area contributed by atoms with Crippen LogP contribution in [-0.4, -0.2) is 28.5 Å². The number of hydrogen-bond donors (Lipinski definition) is 2. The highest BCUT2D eigenvalue weighted by Gasteiger charge is 2.13. The van der Waals surface area contributed by atoms with Crippen LogP contribution in [0.5, 0.6) is 0 Å². The Morgan fingerprint density at radius 1 is 1.41 bits per heavy atom. The summed E-state index contributed by atoms with van der Waals surface area (Å²) in [6, 6.07) is 0. The van der Waals surface area contributed by atoms with Crippen LogP contribution in [0.1, 0.15) is 52.9 Å². The van der Waals surface area contributed by atoms with Gasteiger partial charge in [0.1, 0.15) is 0 Å². The minimum Gasteiger partial charge on any atom is -0.476 e. The van der Waals surface area contributed by atoms with Gasteiger partial charge in [-0.1, -0.05) is 26.2 Å². The number of amides is 1. The van der Waals surface area contributed by atoms with Gasteiger partial charge in [-0.3, -0.25) is 4.79 Å². The zero-order valence-corrected chi connectivity index (χ0v) is 10.5. The predicted octanol–water partition coefficient (Wildman–Crippen LogP) is 2.15. The molecule has 0 fully saturated rings. The summed E-state index contributed by atoms with van der Waals surface area (Å²) in [5.41, 5.74) is -0.0777. The van der Waals surface area contributed by atoms with Gasteiger partial charge in [-0.05, 0) is 6.42 Å². The van der Waals surface area contributed by atoms with E-state index in [1.165, 1.54) is 5.38 Å². The summed E-state index contributed by atoms with van der Waals surface area (Å²) in [5.74, 6) is -1.40. The molecule has 0 radical (unpaired) electrons. The molecule has 0 aliphatic rings. The molecule has 94 valence electrons. The lowest BCUT2D eigenvalue weighted by atomic mass is 10.2. The quantitative estimate of drug-likeness (QED) is 0.733. The summed E-state index contributed by atoms with van der Waals surface area (Å²) in [6.07, 6.45) is 4.35. The molecule has 1 rings (SSSR count). The molecular formula is C11H16N2O3S. The van der Waals surface area contributed by atoms with Crippen LogP contribution in [0.15, 0.2) is 5.38 Å². The van der Waals surface area contributed by atoms with Gasteiger partial charge < -0.3 is 10.4 Å². The van der Waals surface area contributed by atoms with Crippen LogP contribution in [0.2, 0.25) is 0 Å². The fourth-order valence-corrected chi connectivity index (χ4v) is 2.01. The molecule has 0 spiro atoms. The van der Waals surface area contributed by atoms with Gasteiger partial charge in [-0.25, -0.2) is 9.78 Å². The Hall–Kier alpha value is -1.43. The van der Waals surface area contributed by atoms with Gasteiger partial charge in [0.05, 0.1) is 0 Å². The second kappa shape index (κ2) is 7.01. The van der Waals surface area contributed by atoms with Gasteiger partial charge >= 0.3 is 5.97 Å². The van der Waals surface area contributed by atoms with Crippen LogP contribution in [0.4, 0.5) is 0 Å². The number of rotatable bonds is 7. The van der Waals surface area contributed by atoms with Gasteiger partial charge in [0.2, 0.25) is 0 Å². The number of nitrogens with one attached hydrogen (secondary N) is 1. The summed E-state index contributed by atoms with van der Waals surface area (Å²) in [4.78, 5) is 25.9. The van der Waals surface area contributed by atoms with E-state index in [2.05, 4.69) is 17.2 Å². The molecule has 2 N–H and O–H groups in total. The molecule has 0 aliphatic heterocycles. The molecule has 0 unspecified atom stereocenters. The summed E-state index contributed by atoms with van der Waals surface area (Å²) in [5, 5.41) is 13.0. The normalized spacial score (nSPS) is 10.2. The molecule has 0 aliphatic carbocycles. The van der Waals surface area contributed by atoms with E-state index < -0.39 is 5.97 Å². The van der Waals surface area contributed by atoms with E-state index in [1.807, 2.05) is 0 Å². The van der Waals surface area contributed by atoms with Crippen molar-refractivity contribution in [2.75, 3.05) is 6.54 Å². The molecule has 1 aromatic heterocycles. The van der Waals surface area contributed by atoms with Gasteiger partial charge in [0.25, 0.3) is 5.91 Å². The molecule has 5 nitrogen and oxygen atoms in total. The Morgan fingerprint density at radius 3 is 2.76 bits per heavy atom. The highest BCUT2D eigenvalue weighted by Crippen LogP contribution is 2.09. The van der Waals surface area contributed by atoms with E-state index in [0.717, 1.165) is 37.0 Å². The number of carboxylic acid groups (broad SMARTS) is 1. The number of thiazole rings is 1. The monoisotopic (exact) mass is 256 g/mol. The average molecular weight is 256 g/mol. The highest BCUT2D eigenvalue weighted by atomic mass is 32.1. The fraction of sp³-hybridized carbons (Fsp3) is 0.545. The van der Waals surface area contributed by atoms with E-state index in [4.69, 9.17) is 5.11 Å². The molecule has 0 saturated heterocycles. The molecule has 0 bridgehead atoms. The Bertz CT molecular complexity index is 390. The number of hydrogen-bond acceptors (Lipinski definition) is 4. The van der Waals surface area contributed by atoms with E-state index in [0.29, 0.717) is 6.54 Å². The van der Waals surface area contributed by atoms with Crippen LogP contribution in [0.25, 0.3) is 0 Å². The van der Waals surface area contributed by atoms with Crippen LogP contribution in [-0.2, 0) is 0 Å². The first-order chi connectivity index (χ1) is 8.15. The molecule has 17 heavy (non-hydrogen) atoms. The zero-order chi connectivity index (χ0) is 12.7. The maximum atomic E-state index is 11.6. The summed E-state index contributed by atoms with van der Waals surface area (Å²) in [7, 11) is 0. The first-order valence-corrected chi connectivity index (χ1v) is 6.50. The number of carbonyl (C=O) groups excluding carboxylic acids is 1. The van der Waals surface area contributed by atoms with Crippen molar-refractivity contribution >= 4 is 23.2 Å². The molecule has 0 atom stereocenters. The Morgan fingerprint density at radius 2 is 2.18 bits per heavy atom. The number of unbranched alkanes of at least 4 members (excludes halogenated alkanes) is 3. The van der Waals surface area contributed by atoms with Crippen molar-refractivity contribution in [3.8, 4) is 0 Å². The zero-order valence-electron chi connectivity index (χ0n) is 9.73. The Kier molecular flexibility index (Phi) is 5.62. The summed E-state index contributed by atoms with van der Waals surface area (Å²) in [6.45, 7) is 2.74. The van der Waals surface area contributed by atoms with Crippen molar-refractivity contribution in [1.29, 1.82) is 0 Å². The molecule has 1 amide bonds. The van der Waals surface area contributed by atoms with Gasteiger partial charge in [-0.2, -0.15) is 0 Å². The number of aromatic carboxylic acids is 1. The summed E-state index contributed by atoms with van der Waals surface area (Å²) >= 11 is 1.05. The third kappa shape index (κ3) is 4.52. The van der Waals surface area contributed by atoms with E-state index in [9.17, 15) is 9.59 Å². The average Bonchev–Trinajstić information content (AvgIpc) is 2.78. The standard InChI is InChI=1S/C11H16N2O3S/c1-2-3-4-5-6-12-9(14)10-13-8(7-17-10)11(15)16/h7H,2-6H2,1H3,(H,12,14)(H,15,16). The number of nitrogens with zero attached hydrogens (tertiary/aromatic N) is 1. The predicted molar refractivity (Wildman–Crippen MR) is 65.5 cm³/mol. The van der Waals surface area contributed by atoms with Crippen molar-refractivity contribution in [2.24, 2.45) is 0 Å². The van der Waals surface area contributed by atoms with Crippen molar-refractivity contribution in [3.63, 3.8) is 0 Å². The number of carbonyl (C=O) groups is 2. The van der Waals surface area contributed by atoms with Crippen molar-refractivity contribution in [1.82, 2.24) is 10.3 Å². The van der Waals surface area contributed by atoms with E-state index in [1.54, 1.807) is 0 Å². The molecule has 1 heterocycles. The first-order valence-electron chi connectivity index (χ1n) is 5.62. The topological polar surface area (TPSA) is 79.3 Å². The molecular weight excluding hydrogens is 240 g/mol. The van der Waals surface area contributed by atoms with Crippen LogP contribution < -0.4 is 5.32 Å². The lowest BCUT2D eigenvalue weighted by Crippen LogP contribution is -2.24. The molecule has 6 heteroatoms. The maximum absolute atomic E-state index is 11.6. The number of aromatic nitrogens is 1. The second-order valence-corrected chi connectivity index (χ2v) is 4.52. The Balaban J connectivity index is 2.34. The lowest BCUT2D eigenvalue weighted by Gasteiger charge is -2.01. The van der Waals surface area contributed by atoms with Crippen LogP contribution in [0, 0.1) is 0 Å². The smallest absolute Gasteiger partial charge is 0.355 e. The second-order valence-electron chi connectivity index (χ2n) is 3.66. The highest BCUT2D eigenvalue weighted by molar-refractivity contribution is 7.11. The van der Waals surface area contributed by atoms with Gasteiger partial charge in [0, 0.05) is 11.9 Å². The van der Waals surface area contributed by atoms with Crippen LogP contribution in [0.3, 0.4) is 0 Å². The molecule has 0 saturated carbocycles. The molecule has 0 aromatic carbocycles. The maximum Gasteiger partial charge on any atom is 0.355 e. The third-order valence-electron chi connectivity index (χ3n) is 2.23. The first kappa shape index (κ1) is 13.6. The van der Waals surface area contributed by atoms with Crippen molar-refractivity contribution < 1.29 is 14.7 Å². The van der Waals surface area contributed by atoms with Crippen LogP contribution >= 0.6 is 11.3 Å². The minimum absolute atomic E-state index is 0.0777. The van der Waals surface area contributed by atoms with E-state index >= 15 is 0 Å². The summed E-state index contributed by atoms with van der Waals surface area (Å²) < 4.78 is 0. The van der Waals surface area contributed by atoms with E-state index in [-0.39, 0.29) is 16.6 Å². The van der Waals surface area contributed by atoms with Crippen molar-refractivity contribution in [3.05, 3.63) is 16.1 Å². The van der Waals surface area contributed by atoms with Gasteiger partial charge in [0.15, 0.2) is 10.7 Å². The third-order valence-corrected chi connectivity index (χ3v) is 3.07. The Labute approximate surface area is 104 Å². The SMILES string of the molecule is CCCCCCNC(=O)c1nc(C(=O)O)cs1. The van der Waals surface area contributed by atoms with Crippen molar-refractivity contribution in [2.45, 2.75) is 32.6 Å². The van der Waals surface area contributed by atoms with Gasteiger partial charge in [-0.15, -0.1) is 11.3 Å². The number of carboxylic acids is 1. The minimum atomic E-state index is -1.11. The largest absolute Gasteiger partial charge is 0.476 e. The fourth-order valence-electron chi connectivity index (χ4n) is 1.31.